The van der Waals surface area contributed by atoms with Crippen molar-refractivity contribution in [2.24, 2.45) is 5.73 Å². The molecule has 0 aromatic heterocycles. The molecule has 0 atom stereocenters. The highest BCUT2D eigenvalue weighted by Crippen LogP contribution is 2.10. The first-order chi connectivity index (χ1) is 7.81. The first-order valence-electron chi connectivity index (χ1n) is 6.83. The lowest BCUT2D eigenvalue weighted by atomic mass is 10.1. The molecular formula is C15H29N. The van der Waals surface area contributed by atoms with Crippen molar-refractivity contribution in [1.29, 1.82) is 0 Å². The van der Waals surface area contributed by atoms with Crippen molar-refractivity contribution in [2.75, 3.05) is 6.54 Å². The van der Waals surface area contributed by atoms with Gasteiger partial charge in [0.25, 0.3) is 0 Å². The molecule has 0 unspecified atom stereocenters. The second-order valence-corrected chi connectivity index (χ2v) is 4.50. The molecule has 0 heterocycles. The van der Waals surface area contributed by atoms with Gasteiger partial charge in [0.15, 0.2) is 0 Å². The fourth-order valence-corrected chi connectivity index (χ4v) is 1.69. The van der Waals surface area contributed by atoms with E-state index >= 15 is 0 Å². The highest BCUT2D eigenvalue weighted by atomic mass is 14.5. The van der Waals surface area contributed by atoms with E-state index in [0.717, 1.165) is 32.2 Å². The highest BCUT2D eigenvalue weighted by molar-refractivity contribution is 4.96. The van der Waals surface area contributed by atoms with E-state index in [1.54, 1.807) is 0 Å². The van der Waals surface area contributed by atoms with Crippen LogP contribution in [0.25, 0.3) is 0 Å². The van der Waals surface area contributed by atoms with Crippen molar-refractivity contribution in [3.05, 3.63) is 24.3 Å². The molecule has 0 saturated heterocycles. The zero-order chi connectivity index (χ0) is 12.1. The maximum absolute atomic E-state index is 5.46. The van der Waals surface area contributed by atoms with E-state index in [1.165, 1.54) is 37.7 Å². The predicted octanol–water partition coefficient (Wildman–Crippen LogP) is 4.59. The summed E-state index contributed by atoms with van der Waals surface area (Å²) >= 11 is 0. The summed E-state index contributed by atoms with van der Waals surface area (Å²) in [5.74, 6) is 0. The average molecular weight is 223 g/mol. The summed E-state index contributed by atoms with van der Waals surface area (Å²) in [7, 11) is 0. The standard InChI is InChI=1S/C15H29N/c1-3-4-5-6-7-8-9-10-12-15(2)13-11-14-16/h8-9H,2-7,10-14,16H2,1H3/b9-8-. The van der Waals surface area contributed by atoms with Crippen LogP contribution < -0.4 is 5.73 Å². The molecule has 0 aromatic carbocycles. The van der Waals surface area contributed by atoms with E-state index in [-0.39, 0.29) is 0 Å². The van der Waals surface area contributed by atoms with E-state index < -0.39 is 0 Å². The lowest BCUT2D eigenvalue weighted by molar-refractivity contribution is 0.673. The van der Waals surface area contributed by atoms with Crippen LogP contribution in [0.1, 0.15) is 64.7 Å². The molecule has 2 N–H and O–H groups in total. The van der Waals surface area contributed by atoms with Crippen LogP contribution in [0.2, 0.25) is 0 Å². The molecule has 0 aromatic rings. The SMILES string of the molecule is C=C(CC/C=C\CCCCCC)CCCN. The van der Waals surface area contributed by atoms with E-state index in [1.807, 2.05) is 0 Å². The number of rotatable bonds is 11. The Labute approximate surface area is 102 Å². The van der Waals surface area contributed by atoms with Crippen LogP contribution >= 0.6 is 0 Å². The lowest BCUT2D eigenvalue weighted by Crippen LogP contribution is -1.98. The molecule has 16 heavy (non-hydrogen) atoms. The summed E-state index contributed by atoms with van der Waals surface area (Å²) in [6.45, 7) is 7.10. The largest absolute Gasteiger partial charge is 0.330 e. The Morgan fingerprint density at radius 2 is 1.75 bits per heavy atom. The van der Waals surface area contributed by atoms with Gasteiger partial charge < -0.3 is 5.73 Å². The molecule has 0 fully saturated rings. The topological polar surface area (TPSA) is 26.0 Å². The van der Waals surface area contributed by atoms with Crippen LogP contribution in [0.3, 0.4) is 0 Å². The lowest BCUT2D eigenvalue weighted by Gasteiger charge is -2.01. The van der Waals surface area contributed by atoms with Gasteiger partial charge in [-0.05, 0) is 45.1 Å². The Hall–Kier alpha value is -0.560. The number of allylic oxidation sites excluding steroid dienone is 3. The molecule has 0 bridgehead atoms. The van der Waals surface area contributed by atoms with E-state index in [0.29, 0.717) is 0 Å². The summed E-state index contributed by atoms with van der Waals surface area (Å²) in [5, 5.41) is 0. The average Bonchev–Trinajstić information content (AvgIpc) is 2.30. The maximum Gasteiger partial charge on any atom is -0.00742 e. The van der Waals surface area contributed by atoms with Crippen molar-refractivity contribution in [2.45, 2.75) is 64.7 Å². The van der Waals surface area contributed by atoms with Gasteiger partial charge in [-0.25, -0.2) is 0 Å². The first kappa shape index (κ1) is 15.4. The van der Waals surface area contributed by atoms with Crippen molar-refractivity contribution >= 4 is 0 Å². The number of hydrogen-bond acceptors (Lipinski definition) is 1. The van der Waals surface area contributed by atoms with Gasteiger partial charge in [-0.3, -0.25) is 0 Å². The molecule has 0 amide bonds. The molecule has 0 aliphatic heterocycles. The first-order valence-corrected chi connectivity index (χ1v) is 6.83. The third-order valence-corrected chi connectivity index (χ3v) is 2.79. The normalized spacial score (nSPS) is 11.1. The third kappa shape index (κ3) is 11.5. The van der Waals surface area contributed by atoms with Gasteiger partial charge in [0.2, 0.25) is 0 Å². The number of nitrogens with two attached hydrogens (primary N) is 1. The number of hydrogen-bond donors (Lipinski definition) is 1. The summed E-state index contributed by atoms with van der Waals surface area (Å²) in [6, 6.07) is 0. The van der Waals surface area contributed by atoms with Crippen molar-refractivity contribution < 1.29 is 0 Å². The molecule has 0 aliphatic rings. The van der Waals surface area contributed by atoms with Crippen LogP contribution in [0.5, 0.6) is 0 Å². The molecule has 0 radical (unpaired) electrons. The third-order valence-electron chi connectivity index (χ3n) is 2.79. The molecular weight excluding hydrogens is 194 g/mol. The molecule has 0 spiro atoms. The molecule has 0 rings (SSSR count). The minimum Gasteiger partial charge on any atom is -0.330 e. The molecule has 1 nitrogen and oxygen atoms in total. The van der Waals surface area contributed by atoms with Crippen LogP contribution in [0.4, 0.5) is 0 Å². The van der Waals surface area contributed by atoms with Crippen LogP contribution in [0, 0.1) is 0 Å². The van der Waals surface area contributed by atoms with Gasteiger partial charge in [0.05, 0.1) is 0 Å². The maximum atomic E-state index is 5.46. The van der Waals surface area contributed by atoms with Crippen molar-refractivity contribution in [1.82, 2.24) is 0 Å². The van der Waals surface area contributed by atoms with E-state index in [9.17, 15) is 0 Å². The molecule has 94 valence electrons. The summed E-state index contributed by atoms with van der Waals surface area (Å²) in [5.41, 5.74) is 6.80. The van der Waals surface area contributed by atoms with Gasteiger partial charge in [-0.15, -0.1) is 0 Å². The minimum absolute atomic E-state index is 0.784. The van der Waals surface area contributed by atoms with Gasteiger partial charge in [-0.2, -0.15) is 0 Å². The Balaban J connectivity index is 3.23. The Morgan fingerprint density at radius 1 is 1.00 bits per heavy atom. The summed E-state index contributed by atoms with van der Waals surface area (Å²) in [6.07, 6.45) is 15.8. The summed E-state index contributed by atoms with van der Waals surface area (Å²) < 4.78 is 0. The minimum atomic E-state index is 0.784. The van der Waals surface area contributed by atoms with Crippen molar-refractivity contribution in [3.63, 3.8) is 0 Å². The van der Waals surface area contributed by atoms with Crippen LogP contribution in [-0.4, -0.2) is 6.54 Å². The number of unbranched alkanes of at least 4 members (excludes halogenated alkanes) is 4. The second-order valence-electron chi connectivity index (χ2n) is 4.50. The van der Waals surface area contributed by atoms with E-state index in [4.69, 9.17) is 5.73 Å². The van der Waals surface area contributed by atoms with Gasteiger partial charge >= 0.3 is 0 Å². The fourth-order valence-electron chi connectivity index (χ4n) is 1.69. The Bertz CT molecular complexity index is 182. The van der Waals surface area contributed by atoms with Crippen LogP contribution in [0.15, 0.2) is 24.3 Å². The summed E-state index contributed by atoms with van der Waals surface area (Å²) in [4.78, 5) is 0. The zero-order valence-electron chi connectivity index (χ0n) is 11.0. The monoisotopic (exact) mass is 223 g/mol. The quantitative estimate of drug-likeness (QED) is 0.402. The Morgan fingerprint density at radius 3 is 2.44 bits per heavy atom. The van der Waals surface area contributed by atoms with E-state index in [2.05, 4.69) is 25.7 Å². The van der Waals surface area contributed by atoms with Gasteiger partial charge in [-0.1, -0.05) is 50.5 Å². The van der Waals surface area contributed by atoms with Gasteiger partial charge in [0.1, 0.15) is 0 Å². The predicted molar refractivity (Wildman–Crippen MR) is 74.6 cm³/mol. The van der Waals surface area contributed by atoms with Crippen molar-refractivity contribution in [3.8, 4) is 0 Å². The van der Waals surface area contributed by atoms with Crippen LogP contribution in [-0.2, 0) is 0 Å². The zero-order valence-corrected chi connectivity index (χ0v) is 11.0. The fraction of sp³-hybridized carbons (Fsp3) is 0.733. The molecule has 0 saturated carbocycles. The van der Waals surface area contributed by atoms with Gasteiger partial charge in [0, 0.05) is 0 Å². The second kappa shape index (κ2) is 12.5. The molecule has 0 aliphatic carbocycles. The highest BCUT2D eigenvalue weighted by Gasteiger charge is 1.92. The Kier molecular flexibility index (Phi) is 12.1. The molecule has 1 heteroatoms. The smallest absolute Gasteiger partial charge is 0.00742 e.